The SMILES string of the molecule is O=C1NCCc2c1nc(-c1ccccc1)nc2N1CCC(Cc2ccc(O)cc2)C1. The molecule has 0 radical (unpaired) electrons. The second-order valence-corrected chi connectivity index (χ2v) is 8.04. The maximum atomic E-state index is 12.5. The number of hydrogen-bond acceptors (Lipinski definition) is 5. The Hall–Kier alpha value is -3.41. The number of rotatable bonds is 4. The Kier molecular flexibility index (Phi) is 4.83. The lowest BCUT2D eigenvalue weighted by Gasteiger charge is -2.25. The van der Waals surface area contributed by atoms with Crippen LogP contribution in [0, 0.1) is 5.92 Å². The summed E-state index contributed by atoms with van der Waals surface area (Å²) in [6.07, 6.45) is 2.80. The summed E-state index contributed by atoms with van der Waals surface area (Å²) in [4.78, 5) is 24.4. The summed E-state index contributed by atoms with van der Waals surface area (Å²) >= 11 is 0. The predicted molar refractivity (Wildman–Crippen MR) is 116 cm³/mol. The van der Waals surface area contributed by atoms with Gasteiger partial charge in [0, 0.05) is 30.8 Å². The molecule has 0 saturated carbocycles. The zero-order chi connectivity index (χ0) is 20.5. The minimum absolute atomic E-state index is 0.114. The number of anilines is 1. The van der Waals surface area contributed by atoms with Gasteiger partial charge in [-0.1, -0.05) is 42.5 Å². The van der Waals surface area contributed by atoms with E-state index in [0.29, 0.717) is 29.7 Å². The van der Waals surface area contributed by atoms with E-state index in [1.165, 1.54) is 5.56 Å². The Morgan fingerprint density at radius 3 is 2.67 bits per heavy atom. The topological polar surface area (TPSA) is 78.4 Å². The van der Waals surface area contributed by atoms with Crippen molar-refractivity contribution in [3.63, 3.8) is 0 Å². The van der Waals surface area contributed by atoms with Crippen molar-refractivity contribution < 1.29 is 9.90 Å². The van der Waals surface area contributed by atoms with E-state index in [2.05, 4.69) is 15.2 Å². The van der Waals surface area contributed by atoms with Crippen LogP contribution in [0.2, 0.25) is 0 Å². The van der Waals surface area contributed by atoms with Crippen molar-refractivity contribution in [2.45, 2.75) is 19.3 Å². The monoisotopic (exact) mass is 400 g/mol. The zero-order valence-electron chi connectivity index (χ0n) is 16.7. The minimum Gasteiger partial charge on any atom is -0.508 e. The van der Waals surface area contributed by atoms with E-state index in [4.69, 9.17) is 4.98 Å². The number of phenolic OH excluding ortho intramolecular Hbond substituents is 1. The molecule has 3 heterocycles. The fourth-order valence-electron chi connectivity index (χ4n) is 4.41. The number of amides is 1. The number of fused-ring (bicyclic) bond motifs is 1. The van der Waals surface area contributed by atoms with Crippen molar-refractivity contribution in [1.29, 1.82) is 0 Å². The van der Waals surface area contributed by atoms with Gasteiger partial charge in [-0.2, -0.15) is 0 Å². The molecule has 2 aromatic carbocycles. The van der Waals surface area contributed by atoms with Crippen LogP contribution in [0.4, 0.5) is 5.82 Å². The molecule has 1 atom stereocenters. The van der Waals surface area contributed by atoms with Crippen LogP contribution in [-0.2, 0) is 12.8 Å². The fourth-order valence-corrected chi connectivity index (χ4v) is 4.41. The van der Waals surface area contributed by atoms with Crippen LogP contribution in [0.3, 0.4) is 0 Å². The number of carbonyl (C=O) groups excluding carboxylic acids is 1. The van der Waals surface area contributed by atoms with Gasteiger partial charge in [-0.3, -0.25) is 4.79 Å². The van der Waals surface area contributed by atoms with Crippen LogP contribution in [0.5, 0.6) is 5.75 Å². The van der Waals surface area contributed by atoms with Crippen molar-refractivity contribution in [1.82, 2.24) is 15.3 Å². The molecule has 30 heavy (non-hydrogen) atoms. The Morgan fingerprint density at radius 1 is 1.07 bits per heavy atom. The largest absolute Gasteiger partial charge is 0.508 e. The van der Waals surface area contributed by atoms with Crippen LogP contribution in [0.25, 0.3) is 11.4 Å². The molecule has 2 aliphatic heterocycles. The number of phenols is 1. The van der Waals surface area contributed by atoms with Gasteiger partial charge in [0.25, 0.3) is 5.91 Å². The number of carbonyl (C=O) groups is 1. The summed E-state index contributed by atoms with van der Waals surface area (Å²) in [5, 5.41) is 12.4. The molecule has 1 saturated heterocycles. The minimum atomic E-state index is -0.114. The number of benzene rings is 2. The molecule has 1 amide bonds. The first kappa shape index (κ1) is 18.6. The van der Waals surface area contributed by atoms with Gasteiger partial charge in [0.15, 0.2) is 5.82 Å². The molecule has 0 aliphatic carbocycles. The quantitative estimate of drug-likeness (QED) is 0.703. The zero-order valence-corrected chi connectivity index (χ0v) is 16.7. The van der Waals surface area contributed by atoms with E-state index < -0.39 is 0 Å². The third-order valence-electron chi connectivity index (χ3n) is 5.94. The lowest BCUT2D eigenvalue weighted by atomic mass is 9.99. The van der Waals surface area contributed by atoms with Gasteiger partial charge in [0.05, 0.1) is 0 Å². The molecule has 3 aromatic rings. The molecule has 2 N–H and O–H groups in total. The van der Waals surface area contributed by atoms with E-state index in [1.54, 1.807) is 12.1 Å². The van der Waals surface area contributed by atoms with Gasteiger partial charge in [-0.05, 0) is 42.9 Å². The standard InChI is InChI=1S/C24H24N4O2/c29-19-8-6-16(7-9-19)14-17-11-13-28(15-17)23-20-10-12-25-24(30)21(20)26-22(27-23)18-4-2-1-3-5-18/h1-9,17,29H,10-15H2,(H,25,30). The second-order valence-electron chi connectivity index (χ2n) is 8.04. The number of hydrogen-bond donors (Lipinski definition) is 2. The number of aromatic nitrogens is 2. The molecule has 1 unspecified atom stereocenters. The highest BCUT2D eigenvalue weighted by molar-refractivity contribution is 5.96. The molecule has 6 nitrogen and oxygen atoms in total. The first-order valence-corrected chi connectivity index (χ1v) is 10.4. The van der Waals surface area contributed by atoms with Crippen LogP contribution >= 0.6 is 0 Å². The Morgan fingerprint density at radius 2 is 1.87 bits per heavy atom. The van der Waals surface area contributed by atoms with E-state index in [-0.39, 0.29) is 5.91 Å². The molecule has 6 heteroatoms. The molecule has 1 fully saturated rings. The first-order valence-electron chi connectivity index (χ1n) is 10.4. The third-order valence-corrected chi connectivity index (χ3v) is 5.94. The van der Waals surface area contributed by atoms with Crippen LogP contribution in [0.1, 0.15) is 28.0 Å². The van der Waals surface area contributed by atoms with Crippen LogP contribution in [0.15, 0.2) is 54.6 Å². The Balaban J connectivity index is 1.45. The Bertz CT molecular complexity index is 1070. The summed E-state index contributed by atoms with van der Waals surface area (Å²) in [7, 11) is 0. The summed E-state index contributed by atoms with van der Waals surface area (Å²) < 4.78 is 0. The summed E-state index contributed by atoms with van der Waals surface area (Å²) in [6, 6.07) is 17.3. The second kappa shape index (κ2) is 7.78. The number of nitrogens with one attached hydrogen (secondary N) is 1. The van der Waals surface area contributed by atoms with E-state index in [0.717, 1.165) is 49.3 Å². The fraction of sp³-hybridized carbons (Fsp3) is 0.292. The molecule has 0 spiro atoms. The van der Waals surface area contributed by atoms with Gasteiger partial charge in [-0.15, -0.1) is 0 Å². The molecule has 2 aliphatic rings. The normalized spacial score (nSPS) is 18.2. The lowest BCUT2D eigenvalue weighted by Crippen LogP contribution is -2.35. The predicted octanol–water partition coefficient (Wildman–Crippen LogP) is 3.20. The molecular formula is C24H24N4O2. The van der Waals surface area contributed by atoms with Gasteiger partial charge >= 0.3 is 0 Å². The highest BCUT2D eigenvalue weighted by Crippen LogP contribution is 2.32. The average molecular weight is 400 g/mol. The lowest BCUT2D eigenvalue weighted by molar-refractivity contribution is 0.0940. The van der Waals surface area contributed by atoms with E-state index in [1.807, 2.05) is 42.5 Å². The van der Waals surface area contributed by atoms with Crippen molar-refractivity contribution in [2.75, 3.05) is 24.5 Å². The van der Waals surface area contributed by atoms with Crippen LogP contribution < -0.4 is 10.2 Å². The van der Waals surface area contributed by atoms with Crippen molar-refractivity contribution in [3.8, 4) is 17.1 Å². The number of nitrogens with zero attached hydrogens (tertiary/aromatic N) is 3. The molecule has 1 aromatic heterocycles. The summed E-state index contributed by atoms with van der Waals surface area (Å²) in [5.74, 6) is 2.20. The highest BCUT2D eigenvalue weighted by atomic mass is 16.3. The molecule has 152 valence electrons. The average Bonchev–Trinajstić information content (AvgIpc) is 3.24. The third kappa shape index (κ3) is 3.61. The summed E-state index contributed by atoms with van der Waals surface area (Å²) in [6.45, 7) is 2.44. The highest BCUT2D eigenvalue weighted by Gasteiger charge is 2.30. The van der Waals surface area contributed by atoms with E-state index in [9.17, 15) is 9.90 Å². The maximum Gasteiger partial charge on any atom is 0.270 e. The summed E-state index contributed by atoms with van der Waals surface area (Å²) in [5.41, 5.74) is 3.62. The smallest absolute Gasteiger partial charge is 0.270 e. The first-order chi connectivity index (χ1) is 14.7. The van der Waals surface area contributed by atoms with Gasteiger partial charge in [0.1, 0.15) is 17.3 Å². The number of aromatic hydroxyl groups is 1. The van der Waals surface area contributed by atoms with Crippen molar-refractivity contribution in [3.05, 3.63) is 71.4 Å². The molecule has 0 bridgehead atoms. The maximum absolute atomic E-state index is 12.5. The van der Waals surface area contributed by atoms with Gasteiger partial charge in [-0.25, -0.2) is 9.97 Å². The molecular weight excluding hydrogens is 376 g/mol. The van der Waals surface area contributed by atoms with E-state index >= 15 is 0 Å². The Labute approximate surface area is 175 Å². The van der Waals surface area contributed by atoms with Crippen molar-refractivity contribution in [2.24, 2.45) is 5.92 Å². The van der Waals surface area contributed by atoms with Crippen molar-refractivity contribution >= 4 is 11.7 Å². The van der Waals surface area contributed by atoms with Crippen LogP contribution in [-0.4, -0.2) is 40.6 Å². The molecule has 5 rings (SSSR count). The van der Waals surface area contributed by atoms with Gasteiger partial charge in [0.2, 0.25) is 0 Å². The van der Waals surface area contributed by atoms with Gasteiger partial charge < -0.3 is 15.3 Å².